The second-order valence-corrected chi connectivity index (χ2v) is 11.4. The first-order valence-electron chi connectivity index (χ1n) is 14.9. The summed E-state index contributed by atoms with van der Waals surface area (Å²) in [5.74, 6) is 0. The van der Waals surface area contributed by atoms with Gasteiger partial charge in [0.15, 0.2) is 0 Å². The molecule has 0 fully saturated rings. The van der Waals surface area contributed by atoms with Crippen molar-refractivity contribution in [3.63, 3.8) is 0 Å². The predicted molar refractivity (Wildman–Crippen MR) is 184 cm³/mol. The zero-order chi connectivity index (χ0) is 30.1. The molecule has 0 bridgehead atoms. The quantitative estimate of drug-likeness (QED) is 0.194. The van der Waals surface area contributed by atoms with Crippen molar-refractivity contribution in [1.29, 1.82) is 10.5 Å². The Morgan fingerprint density at radius 2 is 0.844 bits per heavy atom. The molecule has 0 aliphatic carbocycles. The molecule has 0 amide bonds. The summed E-state index contributed by atoms with van der Waals surface area (Å²) in [7, 11) is 0. The van der Waals surface area contributed by atoms with Crippen molar-refractivity contribution in [3.8, 4) is 34.4 Å². The summed E-state index contributed by atoms with van der Waals surface area (Å²) in [6.07, 6.45) is 0. The molecule has 8 aromatic carbocycles. The maximum atomic E-state index is 10.2. The van der Waals surface area contributed by atoms with E-state index in [1.54, 1.807) is 0 Å². The average Bonchev–Trinajstić information content (AvgIpc) is 3.47. The number of hydrogen-bond donors (Lipinski definition) is 0. The lowest BCUT2D eigenvalue weighted by Crippen LogP contribution is -1.90. The maximum Gasteiger partial charge on any atom is 0.143 e. The second kappa shape index (κ2) is 9.55. The van der Waals surface area contributed by atoms with Crippen molar-refractivity contribution >= 4 is 65.0 Å². The van der Waals surface area contributed by atoms with Crippen LogP contribution in [0.2, 0.25) is 0 Å². The van der Waals surface area contributed by atoms with Crippen LogP contribution in [0.15, 0.2) is 138 Å². The number of rotatable bonds is 2. The number of benzene rings is 8. The van der Waals surface area contributed by atoms with Crippen LogP contribution < -0.4 is 0 Å². The fraction of sp³-hybridized carbons (Fsp3) is 0. The van der Waals surface area contributed by atoms with Gasteiger partial charge in [-0.2, -0.15) is 10.5 Å². The van der Waals surface area contributed by atoms with Gasteiger partial charge in [0.25, 0.3) is 0 Å². The second-order valence-electron chi connectivity index (χ2n) is 11.4. The Hall–Kier alpha value is -6.42. The largest absolute Gasteiger partial charge is 0.455 e. The summed E-state index contributed by atoms with van der Waals surface area (Å²) < 4.78 is 6.81. The lowest BCUT2D eigenvalue weighted by atomic mass is 9.88. The third-order valence-electron chi connectivity index (χ3n) is 9.14. The van der Waals surface area contributed by atoms with Gasteiger partial charge in [-0.3, -0.25) is 0 Å². The van der Waals surface area contributed by atoms with Crippen LogP contribution in [-0.4, -0.2) is 0 Å². The molecule has 0 radical (unpaired) electrons. The van der Waals surface area contributed by atoms with E-state index in [1.807, 2.05) is 72.8 Å². The molecule has 206 valence electrons. The first-order valence-corrected chi connectivity index (χ1v) is 14.9. The van der Waals surface area contributed by atoms with E-state index < -0.39 is 0 Å². The zero-order valence-corrected chi connectivity index (χ0v) is 24.0. The average molecular weight is 571 g/mol. The number of nitrogens with zero attached hydrogens (tertiary/aromatic N) is 2. The molecule has 0 atom stereocenters. The van der Waals surface area contributed by atoms with Crippen molar-refractivity contribution < 1.29 is 4.42 Å². The van der Waals surface area contributed by atoms with E-state index in [2.05, 4.69) is 72.8 Å². The molecule has 1 heterocycles. The zero-order valence-electron chi connectivity index (χ0n) is 24.0. The van der Waals surface area contributed by atoms with Crippen LogP contribution in [0.3, 0.4) is 0 Å². The summed E-state index contributed by atoms with van der Waals surface area (Å²) in [4.78, 5) is 0. The van der Waals surface area contributed by atoms with Gasteiger partial charge in [0, 0.05) is 43.4 Å². The Labute approximate surface area is 258 Å². The Balaban J connectivity index is 1.36. The summed E-state index contributed by atoms with van der Waals surface area (Å²) in [5, 5.41) is 30.3. The van der Waals surface area contributed by atoms with Gasteiger partial charge in [0.05, 0.1) is 11.1 Å². The summed E-state index contributed by atoms with van der Waals surface area (Å²) in [6, 6.07) is 50.3. The normalized spacial score (nSPS) is 11.5. The van der Waals surface area contributed by atoms with Gasteiger partial charge in [0.2, 0.25) is 0 Å². The molecular weight excluding hydrogens is 548 g/mol. The van der Waals surface area contributed by atoms with Crippen molar-refractivity contribution in [1.82, 2.24) is 0 Å². The minimum absolute atomic E-state index is 0.688. The van der Waals surface area contributed by atoms with Gasteiger partial charge in [-0.1, -0.05) is 121 Å². The molecule has 0 saturated heterocycles. The number of para-hydroxylation sites is 1. The Morgan fingerprint density at radius 3 is 1.33 bits per heavy atom. The van der Waals surface area contributed by atoms with E-state index in [1.165, 1.54) is 0 Å². The molecule has 45 heavy (non-hydrogen) atoms. The van der Waals surface area contributed by atoms with Gasteiger partial charge < -0.3 is 4.42 Å². The van der Waals surface area contributed by atoms with E-state index in [9.17, 15) is 10.5 Å². The lowest BCUT2D eigenvalue weighted by molar-refractivity contribution is 0.670. The standard InChI is InChI=1S/C42H22N2O/c43-23-37-26-10-1-5-14-31(26)40(32-15-6-2-11-27(32)37)25-20-21-30-35-18-9-19-36(42(35)45-39(30)22-25)41-33-16-7-3-12-28(33)38(24-44)29-13-4-8-17-34(29)41/h1-22H. The fourth-order valence-corrected chi connectivity index (χ4v) is 7.25. The minimum Gasteiger partial charge on any atom is -0.455 e. The van der Waals surface area contributed by atoms with Crippen LogP contribution in [0.5, 0.6) is 0 Å². The highest BCUT2D eigenvalue weighted by Crippen LogP contribution is 2.45. The van der Waals surface area contributed by atoms with Gasteiger partial charge in [-0.15, -0.1) is 0 Å². The van der Waals surface area contributed by atoms with E-state index >= 15 is 0 Å². The number of furan rings is 1. The van der Waals surface area contributed by atoms with E-state index in [0.717, 1.165) is 87.3 Å². The van der Waals surface area contributed by atoms with Crippen molar-refractivity contribution in [3.05, 3.63) is 145 Å². The molecule has 1 aromatic heterocycles. The van der Waals surface area contributed by atoms with E-state index in [-0.39, 0.29) is 0 Å². The van der Waals surface area contributed by atoms with E-state index in [0.29, 0.717) is 11.1 Å². The van der Waals surface area contributed by atoms with Crippen LogP contribution >= 0.6 is 0 Å². The highest BCUT2D eigenvalue weighted by atomic mass is 16.3. The summed E-state index contributed by atoms with van der Waals surface area (Å²) >= 11 is 0. The van der Waals surface area contributed by atoms with Crippen LogP contribution in [0.1, 0.15) is 11.1 Å². The van der Waals surface area contributed by atoms with E-state index in [4.69, 9.17) is 4.42 Å². The van der Waals surface area contributed by atoms with Crippen molar-refractivity contribution in [2.45, 2.75) is 0 Å². The van der Waals surface area contributed by atoms with Crippen LogP contribution in [-0.2, 0) is 0 Å². The minimum atomic E-state index is 0.688. The smallest absolute Gasteiger partial charge is 0.143 e. The first-order chi connectivity index (χ1) is 22.3. The molecule has 0 aliphatic heterocycles. The molecule has 0 saturated carbocycles. The lowest BCUT2D eigenvalue weighted by Gasteiger charge is -2.14. The SMILES string of the molecule is N#Cc1c2ccccc2c(-c2ccc3c(c2)oc2c(-c4c5ccccc5c(C#N)c5ccccc45)cccc23)c2ccccc12. The van der Waals surface area contributed by atoms with Gasteiger partial charge >= 0.3 is 0 Å². The molecule has 0 aliphatic rings. The topological polar surface area (TPSA) is 60.7 Å². The highest BCUT2D eigenvalue weighted by molar-refractivity contribution is 6.21. The van der Waals surface area contributed by atoms with Gasteiger partial charge in [0.1, 0.15) is 23.3 Å². The van der Waals surface area contributed by atoms with Gasteiger partial charge in [-0.25, -0.2) is 0 Å². The highest BCUT2D eigenvalue weighted by Gasteiger charge is 2.20. The summed E-state index contributed by atoms with van der Waals surface area (Å²) in [5.41, 5.74) is 7.19. The molecular formula is C42H22N2O. The number of nitriles is 2. The summed E-state index contributed by atoms with van der Waals surface area (Å²) in [6.45, 7) is 0. The van der Waals surface area contributed by atoms with Crippen molar-refractivity contribution in [2.75, 3.05) is 0 Å². The molecule has 9 aromatic rings. The molecule has 0 spiro atoms. The Bertz CT molecular complexity index is 2680. The van der Waals surface area contributed by atoms with Gasteiger partial charge in [-0.05, 0) is 44.8 Å². The molecule has 0 N–H and O–H groups in total. The number of hydrogen-bond acceptors (Lipinski definition) is 3. The molecule has 0 unspecified atom stereocenters. The third kappa shape index (κ3) is 3.50. The molecule has 3 nitrogen and oxygen atoms in total. The van der Waals surface area contributed by atoms with Crippen LogP contribution in [0, 0.1) is 22.7 Å². The molecule has 3 heteroatoms. The fourth-order valence-electron chi connectivity index (χ4n) is 7.25. The van der Waals surface area contributed by atoms with Crippen molar-refractivity contribution in [2.24, 2.45) is 0 Å². The Morgan fingerprint density at radius 1 is 0.400 bits per heavy atom. The van der Waals surface area contributed by atoms with Crippen LogP contribution in [0.25, 0.3) is 87.3 Å². The third-order valence-corrected chi connectivity index (χ3v) is 9.14. The Kier molecular flexibility index (Phi) is 5.33. The maximum absolute atomic E-state index is 10.2. The molecule has 9 rings (SSSR count). The first kappa shape index (κ1) is 25.1. The monoisotopic (exact) mass is 570 g/mol. The number of fused-ring (bicyclic) bond motifs is 7. The predicted octanol–water partition coefficient (Wildman–Crippen LogP) is 11.3. The van der Waals surface area contributed by atoms with Crippen LogP contribution in [0.4, 0.5) is 0 Å².